The van der Waals surface area contributed by atoms with E-state index in [-0.39, 0.29) is 0 Å². The third-order valence-corrected chi connectivity index (χ3v) is 3.85. The second kappa shape index (κ2) is 5.87. The normalized spacial score (nSPS) is 22.8. The van der Waals surface area contributed by atoms with Crippen molar-refractivity contribution in [3.8, 4) is 5.75 Å². The van der Waals surface area contributed by atoms with Gasteiger partial charge in [-0.3, -0.25) is 0 Å². The zero-order valence-corrected chi connectivity index (χ0v) is 12.1. The van der Waals surface area contributed by atoms with Crippen LogP contribution in [0.1, 0.15) is 13.3 Å². The van der Waals surface area contributed by atoms with Gasteiger partial charge in [-0.1, -0.05) is 28.9 Å². The number of nitrogens with zero attached hydrogens (tertiary/aromatic N) is 1. The van der Waals surface area contributed by atoms with Crippen LogP contribution in [0.5, 0.6) is 5.75 Å². The lowest BCUT2D eigenvalue weighted by Gasteiger charge is -2.16. The molecule has 0 aliphatic heterocycles. The third-order valence-electron chi connectivity index (χ3n) is 3.36. The van der Waals surface area contributed by atoms with E-state index in [1.807, 2.05) is 24.3 Å². The van der Waals surface area contributed by atoms with Crippen molar-refractivity contribution in [3.63, 3.8) is 0 Å². The number of hydrogen-bond donors (Lipinski definition) is 0. The Morgan fingerprint density at radius 1 is 1.47 bits per heavy atom. The number of halogens is 1. The predicted octanol–water partition coefficient (Wildman–Crippen LogP) is 3.42. The van der Waals surface area contributed by atoms with Gasteiger partial charge in [-0.15, -0.1) is 0 Å². The molecule has 0 radical (unpaired) electrons. The molecule has 2 nitrogen and oxygen atoms in total. The largest absolute Gasteiger partial charge is 0.492 e. The first-order valence-electron chi connectivity index (χ1n) is 6.22. The third kappa shape index (κ3) is 4.32. The monoisotopic (exact) mass is 297 g/mol. The number of ether oxygens (including phenoxy) is 1. The van der Waals surface area contributed by atoms with Gasteiger partial charge in [-0.25, -0.2) is 0 Å². The fraction of sp³-hybridized carbons (Fsp3) is 0.571. The standard InChI is InChI=1S/C14H20BrNO/c1-11-8-12(11)10-16(2)6-7-17-14-5-3-4-13(15)9-14/h3-5,9,11-12H,6-8,10H2,1-2H3. The topological polar surface area (TPSA) is 12.5 Å². The van der Waals surface area contributed by atoms with Crippen molar-refractivity contribution in [3.05, 3.63) is 28.7 Å². The fourth-order valence-corrected chi connectivity index (χ4v) is 2.40. The second-order valence-corrected chi connectivity index (χ2v) is 5.96. The minimum atomic E-state index is 0.758. The highest BCUT2D eigenvalue weighted by atomic mass is 79.9. The Balaban J connectivity index is 1.65. The van der Waals surface area contributed by atoms with E-state index in [9.17, 15) is 0 Å². The highest BCUT2D eigenvalue weighted by Crippen LogP contribution is 2.37. The molecule has 0 heterocycles. The van der Waals surface area contributed by atoms with Gasteiger partial charge >= 0.3 is 0 Å². The Bertz CT molecular complexity index is 369. The molecule has 0 aromatic heterocycles. The molecule has 1 aliphatic carbocycles. The van der Waals surface area contributed by atoms with E-state index in [1.54, 1.807) is 0 Å². The van der Waals surface area contributed by atoms with Gasteiger partial charge in [0.1, 0.15) is 12.4 Å². The lowest BCUT2D eigenvalue weighted by atomic mass is 10.3. The molecule has 1 aromatic carbocycles. The molecule has 0 spiro atoms. The first kappa shape index (κ1) is 12.9. The maximum absolute atomic E-state index is 5.71. The Kier molecular flexibility index (Phi) is 4.46. The van der Waals surface area contributed by atoms with Crippen LogP contribution in [0.15, 0.2) is 28.7 Å². The molecular formula is C14H20BrNO. The number of rotatable bonds is 6. The van der Waals surface area contributed by atoms with E-state index < -0.39 is 0 Å². The lowest BCUT2D eigenvalue weighted by Crippen LogP contribution is -2.26. The Morgan fingerprint density at radius 2 is 2.24 bits per heavy atom. The van der Waals surface area contributed by atoms with Crippen LogP contribution >= 0.6 is 15.9 Å². The summed E-state index contributed by atoms with van der Waals surface area (Å²) in [4.78, 5) is 2.37. The molecule has 3 heteroatoms. The molecule has 17 heavy (non-hydrogen) atoms. The molecule has 2 unspecified atom stereocenters. The molecule has 0 amide bonds. The summed E-state index contributed by atoms with van der Waals surface area (Å²) in [6, 6.07) is 8.00. The van der Waals surface area contributed by atoms with Crippen LogP contribution in [0, 0.1) is 11.8 Å². The molecule has 0 N–H and O–H groups in total. The summed E-state index contributed by atoms with van der Waals surface area (Å²) in [5, 5.41) is 0. The van der Waals surface area contributed by atoms with Crippen LogP contribution in [0.4, 0.5) is 0 Å². The highest BCUT2D eigenvalue weighted by molar-refractivity contribution is 9.10. The fourth-order valence-electron chi connectivity index (χ4n) is 2.02. The van der Waals surface area contributed by atoms with Crippen molar-refractivity contribution in [2.75, 3.05) is 26.7 Å². The smallest absolute Gasteiger partial charge is 0.120 e. The van der Waals surface area contributed by atoms with E-state index in [1.165, 1.54) is 13.0 Å². The van der Waals surface area contributed by atoms with Crippen LogP contribution in [0.3, 0.4) is 0 Å². The van der Waals surface area contributed by atoms with Crippen molar-refractivity contribution < 1.29 is 4.74 Å². The zero-order chi connectivity index (χ0) is 12.3. The Morgan fingerprint density at radius 3 is 2.88 bits per heavy atom. The van der Waals surface area contributed by atoms with Crippen LogP contribution < -0.4 is 4.74 Å². The molecule has 0 bridgehead atoms. The lowest BCUT2D eigenvalue weighted by molar-refractivity contribution is 0.230. The van der Waals surface area contributed by atoms with Crippen LogP contribution in [0.2, 0.25) is 0 Å². The van der Waals surface area contributed by atoms with E-state index in [2.05, 4.69) is 34.8 Å². The SMILES string of the molecule is CC1CC1CN(C)CCOc1cccc(Br)c1. The second-order valence-electron chi connectivity index (χ2n) is 5.04. The van der Waals surface area contributed by atoms with Crippen molar-refractivity contribution in [1.29, 1.82) is 0 Å². The van der Waals surface area contributed by atoms with Gasteiger partial charge < -0.3 is 9.64 Å². The van der Waals surface area contributed by atoms with Crippen molar-refractivity contribution >= 4 is 15.9 Å². The average Bonchev–Trinajstić information content (AvgIpc) is 2.94. The Labute approximate surface area is 112 Å². The molecule has 94 valence electrons. The summed E-state index contributed by atoms with van der Waals surface area (Å²) < 4.78 is 6.78. The van der Waals surface area contributed by atoms with Gasteiger partial charge in [0.15, 0.2) is 0 Å². The maximum Gasteiger partial charge on any atom is 0.120 e. The predicted molar refractivity (Wildman–Crippen MR) is 74.4 cm³/mol. The first-order chi connectivity index (χ1) is 8.15. The summed E-state index contributed by atoms with van der Waals surface area (Å²) in [5.74, 6) is 2.79. The van der Waals surface area contributed by atoms with Gasteiger partial charge in [0, 0.05) is 17.6 Å². The summed E-state index contributed by atoms with van der Waals surface area (Å²) in [6.45, 7) is 5.29. The first-order valence-corrected chi connectivity index (χ1v) is 7.01. The van der Waals surface area contributed by atoms with Crippen LogP contribution in [0.25, 0.3) is 0 Å². The molecule has 1 saturated carbocycles. The Hall–Kier alpha value is -0.540. The summed E-state index contributed by atoms with van der Waals surface area (Å²) in [6.07, 6.45) is 1.40. The van der Waals surface area contributed by atoms with Gasteiger partial charge in [0.05, 0.1) is 0 Å². The summed E-state index contributed by atoms with van der Waals surface area (Å²) in [7, 11) is 2.18. The summed E-state index contributed by atoms with van der Waals surface area (Å²) in [5.41, 5.74) is 0. The number of likely N-dealkylation sites (N-methyl/N-ethyl adjacent to an activating group) is 1. The number of hydrogen-bond acceptors (Lipinski definition) is 2. The molecule has 1 aromatic rings. The highest BCUT2D eigenvalue weighted by Gasteiger charge is 2.32. The van der Waals surface area contributed by atoms with E-state index in [0.29, 0.717) is 0 Å². The van der Waals surface area contributed by atoms with Gasteiger partial charge in [-0.2, -0.15) is 0 Å². The van der Waals surface area contributed by atoms with Gasteiger partial charge in [0.25, 0.3) is 0 Å². The van der Waals surface area contributed by atoms with E-state index >= 15 is 0 Å². The minimum absolute atomic E-state index is 0.758. The number of benzene rings is 1. The molecule has 1 fully saturated rings. The van der Waals surface area contributed by atoms with E-state index in [0.717, 1.165) is 35.2 Å². The van der Waals surface area contributed by atoms with E-state index in [4.69, 9.17) is 4.74 Å². The molecule has 0 saturated heterocycles. The van der Waals surface area contributed by atoms with Gasteiger partial charge in [-0.05, 0) is 43.5 Å². The minimum Gasteiger partial charge on any atom is -0.492 e. The van der Waals surface area contributed by atoms with Crippen molar-refractivity contribution in [1.82, 2.24) is 4.90 Å². The van der Waals surface area contributed by atoms with Crippen LogP contribution in [-0.4, -0.2) is 31.6 Å². The molecule has 2 rings (SSSR count). The molecular weight excluding hydrogens is 278 g/mol. The average molecular weight is 298 g/mol. The van der Waals surface area contributed by atoms with Gasteiger partial charge in [0.2, 0.25) is 0 Å². The molecule has 2 atom stereocenters. The molecule has 1 aliphatic rings. The van der Waals surface area contributed by atoms with Crippen LogP contribution in [-0.2, 0) is 0 Å². The quantitative estimate of drug-likeness (QED) is 0.798. The van der Waals surface area contributed by atoms with Crippen molar-refractivity contribution in [2.45, 2.75) is 13.3 Å². The van der Waals surface area contributed by atoms with Crippen molar-refractivity contribution in [2.24, 2.45) is 11.8 Å². The zero-order valence-electron chi connectivity index (χ0n) is 10.5. The maximum atomic E-state index is 5.71. The summed E-state index contributed by atoms with van der Waals surface area (Å²) >= 11 is 3.44.